The van der Waals surface area contributed by atoms with E-state index in [1.807, 2.05) is 0 Å². The zero-order valence-corrected chi connectivity index (χ0v) is 11.2. The molecule has 1 aliphatic rings. The van der Waals surface area contributed by atoms with Crippen molar-refractivity contribution in [3.8, 4) is 0 Å². The Kier molecular flexibility index (Phi) is 3.42. The first-order chi connectivity index (χ1) is 10.1. The van der Waals surface area contributed by atoms with Crippen LogP contribution in [0.2, 0.25) is 0 Å². The first-order valence-electron chi connectivity index (χ1n) is 6.69. The van der Waals surface area contributed by atoms with Crippen LogP contribution in [0, 0.1) is 21.8 Å². The van der Waals surface area contributed by atoms with Crippen LogP contribution in [0.1, 0.15) is 6.42 Å². The van der Waals surface area contributed by atoms with Gasteiger partial charge in [0, 0.05) is 31.8 Å². The minimum Gasteiger partial charge on any atom is -0.396 e. The molecule has 1 fully saturated rings. The molecular weight excluding hydrogens is 277 g/mol. The van der Waals surface area contributed by atoms with Crippen molar-refractivity contribution >= 4 is 22.3 Å². The van der Waals surface area contributed by atoms with Gasteiger partial charge >= 0.3 is 0 Å². The summed E-state index contributed by atoms with van der Waals surface area (Å²) in [6.07, 6.45) is 2.26. The molecule has 1 atom stereocenters. The van der Waals surface area contributed by atoms with Gasteiger partial charge in [-0.1, -0.05) is 0 Å². The van der Waals surface area contributed by atoms with Crippen LogP contribution >= 0.6 is 0 Å². The standard InChI is InChI=1S/C14H14FN3O3/c15-11-6-12(18(20)21)10-2-1-4-16-13(10)14(11)17-5-3-9(7-17)8-19/h1-2,4,6,9,19H,3,5,7-8H2. The van der Waals surface area contributed by atoms with Gasteiger partial charge in [-0.25, -0.2) is 4.39 Å². The molecule has 0 radical (unpaired) electrons. The number of anilines is 1. The van der Waals surface area contributed by atoms with Crippen molar-refractivity contribution < 1.29 is 14.4 Å². The van der Waals surface area contributed by atoms with Gasteiger partial charge in [-0.2, -0.15) is 0 Å². The molecule has 0 spiro atoms. The molecule has 1 unspecified atom stereocenters. The number of aliphatic hydroxyl groups is 1. The van der Waals surface area contributed by atoms with Crippen molar-refractivity contribution in [3.05, 3.63) is 40.3 Å². The number of non-ortho nitro benzene ring substituents is 1. The van der Waals surface area contributed by atoms with Crippen LogP contribution < -0.4 is 4.90 Å². The Labute approximate surface area is 120 Å². The smallest absolute Gasteiger partial charge is 0.281 e. The molecule has 6 nitrogen and oxygen atoms in total. The van der Waals surface area contributed by atoms with Gasteiger partial charge in [0.25, 0.3) is 5.69 Å². The minimum absolute atomic E-state index is 0.0520. The third-order valence-electron chi connectivity index (χ3n) is 3.85. The highest BCUT2D eigenvalue weighted by Gasteiger charge is 2.28. The number of fused-ring (bicyclic) bond motifs is 1. The summed E-state index contributed by atoms with van der Waals surface area (Å²) in [5, 5.41) is 20.6. The Morgan fingerprint density at radius 1 is 1.57 bits per heavy atom. The van der Waals surface area contributed by atoms with Crippen LogP contribution in [0.4, 0.5) is 15.8 Å². The topological polar surface area (TPSA) is 79.5 Å². The van der Waals surface area contributed by atoms with Gasteiger partial charge in [-0.05, 0) is 18.6 Å². The number of pyridine rings is 1. The predicted molar refractivity (Wildman–Crippen MR) is 75.8 cm³/mol. The van der Waals surface area contributed by atoms with Gasteiger partial charge in [0.15, 0.2) is 5.82 Å². The second kappa shape index (κ2) is 5.25. The maximum atomic E-state index is 14.4. The molecule has 21 heavy (non-hydrogen) atoms. The highest BCUT2D eigenvalue weighted by atomic mass is 19.1. The summed E-state index contributed by atoms with van der Waals surface area (Å²) in [6.45, 7) is 1.18. The molecule has 1 aromatic carbocycles. The van der Waals surface area contributed by atoms with Gasteiger partial charge < -0.3 is 10.0 Å². The maximum absolute atomic E-state index is 14.4. The number of nitro groups is 1. The summed E-state index contributed by atoms with van der Waals surface area (Å²) in [7, 11) is 0. The number of hydrogen-bond donors (Lipinski definition) is 1. The average Bonchev–Trinajstić information content (AvgIpc) is 2.94. The largest absolute Gasteiger partial charge is 0.396 e. The van der Waals surface area contributed by atoms with Gasteiger partial charge in [-0.3, -0.25) is 15.1 Å². The van der Waals surface area contributed by atoms with Gasteiger partial charge in [0.2, 0.25) is 0 Å². The van der Waals surface area contributed by atoms with E-state index in [0.717, 1.165) is 12.5 Å². The normalized spacial score (nSPS) is 18.4. The summed E-state index contributed by atoms with van der Waals surface area (Å²) >= 11 is 0. The molecule has 0 saturated carbocycles. The lowest BCUT2D eigenvalue weighted by Crippen LogP contribution is -2.22. The van der Waals surface area contributed by atoms with E-state index in [4.69, 9.17) is 0 Å². The fourth-order valence-electron chi connectivity index (χ4n) is 2.82. The molecule has 2 heterocycles. The number of aromatic nitrogens is 1. The van der Waals surface area contributed by atoms with E-state index in [1.54, 1.807) is 17.0 Å². The Morgan fingerprint density at radius 3 is 3.05 bits per heavy atom. The number of benzene rings is 1. The zero-order chi connectivity index (χ0) is 15.0. The van der Waals surface area contributed by atoms with Crippen molar-refractivity contribution in [3.63, 3.8) is 0 Å². The number of hydrogen-bond acceptors (Lipinski definition) is 5. The van der Waals surface area contributed by atoms with Gasteiger partial charge in [0.05, 0.1) is 16.4 Å². The van der Waals surface area contributed by atoms with Crippen molar-refractivity contribution in [2.75, 3.05) is 24.6 Å². The third-order valence-corrected chi connectivity index (χ3v) is 3.85. The predicted octanol–water partition coefficient (Wildman–Crippen LogP) is 2.10. The number of aliphatic hydroxyl groups excluding tert-OH is 1. The summed E-state index contributed by atoms with van der Waals surface area (Å²) in [5.41, 5.74) is 0.298. The van der Waals surface area contributed by atoms with E-state index in [1.165, 1.54) is 6.20 Å². The zero-order valence-electron chi connectivity index (χ0n) is 11.2. The molecule has 0 bridgehead atoms. The van der Waals surface area contributed by atoms with Crippen LogP contribution in [0.25, 0.3) is 10.9 Å². The molecule has 7 heteroatoms. The monoisotopic (exact) mass is 291 g/mol. The van der Waals surface area contributed by atoms with Gasteiger partial charge in [-0.15, -0.1) is 0 Å². The lowest BCUT2D eigenvalue weighted by atomic mass is 10.1. The summed E-state index contributed by atoms with van der Waals surface area (Å²) in [6, 6.07) is 4.12. The van der Waals surface area contributed by atoms with E-state index >= 15 is 0 Å². The Morgan fingerprint density at radius 2 is 2.38 bits per heavy atom. The van der Waals surface area contributed by atoms with E-state index in [0.29, 0.717) is 24.0 Å². The number of rotatable bonds is 3. The molecular formula is C14H14FN3O3. The van der Waals surface area contributed by atoms with Crippen LogP contribution in [0.3, 0.4) is 0 Å². The van der Waals surface area contributed by atoms with Crippen molar-refractivity contribution in [1.29, 1.82) is 0 Å². The summed E-state index contributed by atoms with van der Waals surface area (Å²) in [4.78, 5) is 16.4. The van der Waals surface area contributed by atoms with E-state index in [-0.39, 0.29) is 23.9 Å². The van der Waals surface area contributed by atoms with Crippen molar-refractivity contribution in [2.45, 2.75) is 6.42 Å². The molecule has 1 aromatic heterocycles. The third kappa shape index (κ3) is 2.29. The second-order valence-electron chi connectivity index (χ2n) is 5.17. The van der Waals surface area contributed by atoms with Crippen LogP contribution in [-0.2, 0) is 0 Å². The Balaban J connectivity index is 2.17. The lowest BCUT2D eigenvalue weighted by Gasteiger charge is -2.20. The molecule has 110 valence electrons. The molecule has 3 rings (SSSR count). The summed E-state index contributed by atoms with van der Waals surface area (Å²) in [5.74, 6) is -0.551. The molecule has 0 amide bonds. The molecule has 1 saturated heterocycles. The first-order valence-corrected chi connectivity index (χ1v) is 6.69. The van der Waals surface area contributed by atoms with Gasteiger partial charge in [0.1, 0.15) is 11.2 Å². The Hall–Kier alpha value is -2.28. The second-order valence-corrected chi connectivity index (χ2v) is 5.17. The molecule has 1 aliphatic heterocycles. The van der Waals surface area contributed by atoms with Crippen LogP contribution in [0.5, 0.6) is 0 Å². The molecule has 1 N–H and O–H groups in total. The quantitative estimate of drug-likeness (QED) is 0.692. The lowest BCUT2D eigenvalue weighted by molar-refractivity contribution is -0.383. The van der Waals surface area contributed by atoms with Crippen LogP contribution in [0.15, 0.2) is 24.4 Å². The highest BCUT2D eigenvalue weighted by Crippen LogP contribution is 2.36. The summed E-state index contributed by atoms with van der Waals surface area (Å²) < 4.78 is 14.4. The Bertz CT molecular complexity index is 707. The highest BCUT2D eigenvalue weighted by molar-refractivity contribution is 5.97. The van der Waals surface area contributed by atoms with E-state index in [9.17, 15) is 19.6 Å². The molecule has 2 aromatic rings. The van der Waals surface area contributed by atoms with Crippen molar-refractivity contribution in [2.24, 2.45) is 5.92 Å². The fourth-order valence-corrected chi connectivity index (χ4v) is 2.82. The minimum atomic E-state index is -0.647. The van der Waals surface area contributed by atoms with E-state index < -0.39 is 10.7 Å². The average molecular weight is 291 g/mol. The number of nitrogens with zero attached hydrogens (tertiary/aromatic N) is 3. The number of halogens is 1. The van der Waals surface area contributed by atoms with E-state index in [2.05, 4.69) is 4.98 Å². The molecule has 0 aliphatic carbocycles. The van der Waals surface area contributed by atoms with Crippen LogP contribution in [-0.4, -0.2) is 34.7 Å². The fraction of sp³-hybridized carbons (Fsp3) is 0.357. The first kappa shape index (κ1) is 13.7. The van der Waals surface area contributed by atoms with Crippen molar-refractivity contribution in [1.82, 2.24) is 4.98 Å². The number of nitro benzene ring substituents is 1. The maximum Gasteiger partial charge on any atom is 0.281 e. The SMILES string of the molecule is O=[N+]([O-])c1cc(F)c(N2CCC(CO)C2)c2ncccc12.